The predicted octanol–water partition coefficient (Wildman–Crippen LogP) is 6.23. The van der Waals surface area contributed by atoms with E-state index in [0.29, 0.717) is 0 Å². The molecule has 0 spiro atoms. The molecule has 0 aliphatic heterocycles. The van der Waals surface area contributed by atoms with Crippen LogP contribution in [0.5, 0.6) is 0 Å². The molecule has 0 saturated heterocycles. The zero-order valence-electron chi connectivity index (χ0n) is 13.3. The third-order valence-electron chi connectivity index (χ3n) is 4.02. The van der Waals surface area contributed by atoms with Gasteiger partial charge in [0.2, 0.25) is 6.10 Å². The second-order valence-electron chi connectivity index (χ2n) is 6.03. The lowest BCUT2D eigenvalue weighted by Gasteiger charge is -2.40. The van der Waals surface area contributed by atoms with Crippen LogP contribution in [0, 0.1) is 5.92 Å². The van der Waals surface area contributed by atoms with Crippen LogP contribution in [-0.4, -0.2) is 60.3 Å². The normalized spacial score (nSPS) is 27.1. The minimum absolute atomic E-state index is 2.28. The third-order valence-corrected chi connectivity index (χ3v) is 4.02. The van der Waals surface area contributed by atoms with E-state index >= 15 is 0 Å². The van der Waals surface area contributed by atoms with E-state index in [1.54, 1.807) is 0 Å². The monoisotopic (exact) mass is 512 g/mol. The van der Waals surface area contributed by atoms with E-state index in [4.69, 9.17) is 0 Å². The number of hydrogen-bond acceptors (Lipinski definition) is 1. The fraction of sp³-hybridized carbons (Fsp3) is 1.00. The fourth-order valence-electron chi connectivity index (χ4n) is 2.62. The van der Waals surface area contributed by atoms with E-state index in [-0.39, 0.29) is 0 Å². The summed E-state index contributed by atoms with van der Waals surface area (Å²) in [6.45, 7) is 0. The maximum Gasteiger partial charge on any atom is 0.432 e. The minimum Gasteiger partial charge on any atom is -0.350 e. The first-order valence-corrected chi connectivity index (χ1v) is 6.84. The molecular formula is C11H3F19O. The van der Waals surface area contributed by atoms with Crippen molar-refractivity contribution in [1.82, 2.24) is 0 Å². The van der Waals surface area contributed by atoms with Gasteiger partial charge in [0, 0.05) is 0 Å². The molecule has 0 aromatic heterocycles. The van der Waals surface area contributed by atoms with Crippen LogP contribution in [-0.2, 0) is 4.74 Å². The van der Waals surface area contributed by atoms with Gasteiger partial charge in [-0.15, -0.1) is 0 Å². The van der Waals surface area contributed by atoms with Gasteiger partial charge in [-0.1, -0.05) is 0 Å². The summed E-state index contributed by atoms with van der Waals surface area (Å²) >= 11 is 0. The Labute approximate surface area is 156 Å². The molecule has 0 amide bonds. The van der Waals surface area contributed by atoms with Gasteiger partial charge in [0.25, 0.3) is 0 Å². The molecule has 1 aliphatic carbocycles. The highest BCUT2D eigenvalue weighted by molar-refractivity contribution is 5.22. The van der Waals surface area contributed by atoms with Crippen molar-refractivity contribution in [3.05, 3.63) is 0 Å². The lowest BCUT2D eigenvalue weighted by atomic mass is 9.82. The SMILES string of the molecule is FC(F)(F)C(OC1C(C(F)(C(F)(F)F)C(F)(F)F)C(F)(F)C(F)(F)C1(F)F)C(F)(F)F. The molecule has 0 aromatic rings. The highest BCUT2D eigenvalue weighted by atomic mass is 19.4. The largest absolute Gasteiger partial charge is 0.432 e. The molecular weight excluding hydrogens is 509 g/mol. The topological polar surface area (TPSA) is 9.23 Å². The summed E-state index contributed by atoms with van der Waals surface area (Å²) in [4.78, 5) is 0. The van der Waals surface area contributed by atoms with Crippen molar-refractivity contribution in [2.45, 2.75) is 60.3 Å². The first kappa shape index (κ1) is 27.7. The van der Waals surface area contributed by atoms with Crippen LogP contribution in [0.2, 0.25) is 0 Å². The maximum absolute atomic E-state index is 13.9. The van der Waals surface area contributed by atoms with Gasteiger partial charge in [0.15, 0.2) is 0 Å². The molecule has 186 valence electrons. The summed E-state index contributed by atoms with van der Waals surface area (Å²) in [5, 5.41) is 0. The Hall–Kier alpha value is -1.37. The smallest absolute Gasteiger partial charge is 0.350 e. The van der Waals surface area contributed by atoms with Gasteiger partial charge in [0.1, 0.15) is 12.0 Å². The van der Waals surface area contributed by atoms with Crippen molar-refractivity contribution in [3.63, 3.8) is 0 Å². The fourth-order valence-corrected chi connectivity index (χ4v) is 2.62. The molecule has 0 N–H and O–H groups in total. The third kappa shape index (κ3) is 3.85. The summed E-state index contributed by atoms with van der Waals surface area (Å²) in [5.41, 5.74) is -7.86. The van der Waals surface area contributed by atoms with Gasteiger partial charge in [-0.3, -0.25) is 0 Å². The Balaban J connectivity index is 3.95. The van der Waals surface area contributed by atoms with E-state index in [2.05, 4.69) is 4.74 Å². The molecule has 1 nitrogen and oxygen atoms in total. The van der Waals surface area contributed by atoms with Crippen LogP contribution in [0.25, 0.3) is 0 Å². The van der Waals surface area contributed by atoms with Gasteiger partial charge in [0.05, 0.1) is 0 Å². The first-order valence-electron chi connectivity index (χ1n) is 6.84. The number of hydrogen-bond donors (Lipinski definition) is 0. The van der Waals surface area contributed by atoms with Crippen LogP contribution in [0.4, 0.5) is 83.4 Å². The summed E-state index contributed by atoms with van der Waals surface area (Å²) in [5.74, 6) is -28.6. The van der Waals surface area contributed by atoms with E-state index in [9.17, 15) is 83.4 Å². The van der Waals surface area contributed by atoms with Crippen molar-refractivity contribution in [2.24, 2.45) is 5.92 Å². The maximum atomic E-state index is 13.9. The minimum atomic E-state index is -7.86. The van der Waals surface area contributed by atoms with Crippen LogP contribution in [0.3, 0.4) is 0 Å². The molecule has 20 heteroatoms. The van der Waals surface area contributed by atoms with E-state index < -0.39 is 66.3 Å². The number of alkyl halides is 19. The molecule has 1 saturated carbocycles. The molecule has 0 radical (unpaired) electrons. The Kier molecular flexibility index (Phi) is 6.08. The Morgan fingerprint density at radius 3 is 1.13 bits per heavy atom. The Bertz CT molecular complexity index is 634. The van der Waals surface area contributed by atoms with Gasteiger partial charge >= 0.3 is 48.1 Å². The average Bonchev–Trinajstić information content (AvgIpc) is 2.54. The lowest BCUT2D eigenvalue weighted by molar-refractivity contribution is -0.394. The average molecular weight is 512 g/mol. The molecule has 0 bridgehead atoms. The number of halogens is 19. The molecule has 2 unspecified atom stereocenters. The molecule has 1 rings (SSSR count). The summed E-state index contributed by atoms with van der Waals surface area (Å²) in [6.07, 6.45) is -41.6. The first-order chi connectivity index (χ1) is 13.1. The molecule has 1 fully saturated rings. The van der Waals surface area contributed by atoms with Crippen LogP contribution >= 0.6 is 0 Å². The van der Waals surface area contributed by atoms with Crippen LogP contribution < -0.4 is 0 Å². The van der Waals surface area contributed by atoms with Crippen LogP contribution in [0.15, 0.2) is 0 Å². The summed E-state index contributed by atoms with van der Waals surface area (Å²) in [7, 11) is 0. The van der Waals surface area contributed by atoms with Crippen molar-refractivity contribution >= 4 is 0 Å². The van der Waals surface area contributed by atoms with Gasteiger partial charge in [-0.05, 0) is 0 Å². The Morgan fingerprint density at radius 1 is 0.548 bits per heavy atom. The molecule has 2 atom stereocenters. The van der Waals surface area contributed by atoms with Crippen LogP contribution in [0.1, 0.15) is 0 Å². The van der Waals surface area contributed by atoms with Gasteiger partial charge in [-0.2, -0.15) is 79.0 Å². The second-order valence-corrected chi connectivity index (χ2v) is 6.03. The molecule has 0 heterocycles. The van der Waals surface area contributed by atoms with E-state index in [1.165, 1.54) is 0 Å². The quantitative estimate of drug-likeness (QED) is 0.408. The number of ether oxygens (including phenoxy) is 1. The van der Waals surface area contributed by atoms with Crippen molar-refractivity contribution in [2.75, 3.05) is 0 Å². The molecule has 31 heavy (non-hydrogen) atoms. The van der Waals surface area contributed by atoms with Crippen molar-refractivity contribution < 1.29 is 88.2 Å². The lowest BCUT2D eigenvalue weighted by Crippen LogP contribution is -2.65. The van der Waals surface area contributed by atoms with Crippen molar-refractivity contribution in [1.29, 1.82) is 0 Å². The zero-order valence-corrected chi connectivity index (χ0v) is 13.3. The summed E-state index contributed by atoms with van der Waals surface area (Å²) in [6, 6.07) is 0. The van der Waals surface area contributed by atoms with Crippen molar-refractivity contribution in [3.8, 4) is 0 Å². The standard InChI is InChI=1S/C11H3F19O/c12-4(10(25,26)27,11(28,29)30)1-2(6(15,16)9(23,24)5(1,13)14)31-3(7(17,18)19)8(20,21)22/h1-3H. The highest BCUT2D eigenvalue weighted by Crippen LogP contribution is 2.68. The molecule has 1 aliphatic rings. The van der Waals surface area contributed by atoms with E-state index in [1.807, 2.05) is 0 Å². The van der Waals surface area contributed by atoms with E-state index in [0.717, 1.165) is 0 Å². The predicted molar refractivity (Wildman–Crippen MR) is 55.1 cm³/mol. The highest BCUT2D eigenvalue weighted by Gasteiger charge is 2.95. The summed E-state index contributed by atoms with van der Waals surface area (Å²) < 4.78 is 248. The van der Waals surface area contributed by atoms with Gasteiger partial charge < -0.3 is 4.74 Å². The van der Waals surface area contributed by atoms with Gasteiger partial charge in [-0.25, -0.2) is 4.39 Å². The second kappa shape index (κ2) is 6.82. The zero-order chi connectivity index (χ0) is 25.4. The number of rotatable bonds is 3. The molecule has 0 aromatic carbocycles. The Morgan fingerprint density at radius 2 is 0.871 bits per heavy atom.